The minimum absolute atomic E-state index is 0. The van der Waals surface area contributed by atoms with Gasteiger partial charge in [-0.05, 0) is 24.6 Å². The average molecular weight is 336 g/mol. The van der Waals surface area contributed by atoms with Gasteiger partial charge in [0.05, 0.1) is 11.1 Å². The van der Waals surface area contributed by atoms with Crippen LogP contribution in [0.25, 0.3) is 10.9 Å². The lowest BCUT2D eigenvalue weighted by Crippen LogP contribution is -2.40. The molecule has 0 aliphatic carbocycles. The summed E-state index contributed by atoms with van der Waals surface area (Å²) in [5.74, 6) is -0.402. The predicted molar refractivity (Wildman–Crippen MR) is 80.4 cm³/mol. The van der Waals surface area contributed by atoms with Crippen molar-refractivity contribution in [2.24, 2.45) is 0 Å². The third-order valence-electron chi connectivity index (χ3n) is 3.26. The van der Waals surface area contributed by atoms with Gasteiger partial charge in [0.15, 0.2) is 0 Å². The van der Waals surface area contributed by atoms with Crippen LogP contribution in [0, 0.1) is 0 Å². The zero-order valence-corrected chi connectivity index (χ0v) is 12.1. The van der Waals surface area contributed by atoms with E-state index in [1.165, 1.54) is 6.20 Å². The topological polar surface area (TPSA) is 71.1 Å². The number of hydrogen-bond donors (Lipinski definition) is 2. The van der Waals surface area contributed by atoms with Crippen molar-refractivity contribution < 1.29 is 11.0 Å². The maximum Gasteiger partial charge on any atom is 0.253 e. The molecule has 0 spiro atoms. The standard InChI is InChI=1S/C14H12BrN3O2.H2/c15-10-2-1-8-5-9(7-17-12(8)6-10)13(19)18-11-3-4-16-14(11)20;/h1-2,5-7,11H,3-4H2,(H,16,20)(H,18,19);1H/t11-;/m0./s1. The summed E-state index contributed by atoms with van der Waals surface area (Å²) in [4.78, 5) is 27.8. The number of amides is 2. The lowest BCUT2D eigenvalue weighted by Gasteiger charge is -2.10. The van der Waals surface area contributed by atoms with Crippen LogP contribution in [0.4, 0.5) is 0 Å². The van der Waals surface area contributed by atoms with Crippen LogP contribution >= 0.6 is 15.9 Å². The van der Waals surface area contributed by atoms with Crippen molar-refractivity contribution >= 4 is 38.6 Å². The van der Waals surface area contributed by atoms with Crippen molar-refractivity contribution in [1.82, 2.24) is 15.6 Å². The van der Waals surface area contributed by atoms with Crippen LogP contribution in [-0.4, -0.2) is 29.4 Å². The molecule has 1 aromatic carbocycles. The van der Waals surface area contributed by atoms with Crippen LogP contribution in [0.3, 0.4) is 0 Å². The Hall–Kier alpha value is -1.95. The molecule has 0 bridgehead atoms. The molecule has 5 nitrogen and oxygen atoms in total. The number of nitrogens with zero attached hydrogens (tertiary/aromatic N) is 1. The molecule has 2 amide bonds. The SMILES string of the molecule is O=C(N[C@H]1CCNC1=O)c1cnc2cc(Br)ccc2c1.[HH]. The van der Waals surface area contributed by atoms with Crippen LogP contribution in [-0.2, 0) is 4.79 Å². The predicted octanol–water partition coefficient (Wildman–Crippen LogP) is 1.86. The van der Waals surface area contributed by atoms with Gasteiger partial charge in [-0.15, -0.1) is 0 Å². The highest BCUT2D eigenvalue weighted by Crippen LogP contribution is 2.19. The number of pyridine rings is 1. The second-order valence-electron chi connectivity index (χ2n) is 4.67. The smallest absolute Gasteiger partial charge is 0.253 e. The molecule has 0 radical (unpaired) electrons. The van der Waals surface area contributed by atoms with Crippen molar-refractivity contribution in [2.75, 3.05) is 6.54 Å². The highest BCUT2D eigenvalue weighted by molar-refractivity contribution is 9.10. The van der Waals surface area contributed by atoms with Crippen molar-refractivity contribution in [1.29, 1.82) is 0 Å². The molecule has 104 valence electrons. The Morgan fingerprint density at radius 2 is 2.30 bits per heavy atom. The van der Waals surface area contributed by atoms with Gasteiger partial charge in [-0.1, -0.05) is 22.0 Å². The number of fused-ring (bicyclic) bond motifs is 1. The summed E-state index contributed by atoms with van der Waals surface area (Å²) in [5, 5.41) is 6.29. The number of benzene rings is 1. The van der Waals surface area contributed by atoms with Crippen LogP contribution in [0.2, 0.25) is 0 Å². The fraction of sp³-hybridized carbons (Fsp3) is 0.214. The van der Waals surface area contributed by atoms with E-state index in [-0.39, 0.29) is 13.2 Å². The number of hydrogen-bond acceptors (Lipinski definition) is 3. The largest absolute Gasteiger partial charge is 0.354 e. The Morgan fingerprint density at radius 3 is 3.05 bits per heavy atom. The van der Waals surface area contributed by atoms with Gasteiger partial charge in [0, 0.05) is 24.0 Å². The number of halogens is 1. The maximum atomic E-state index is 12.1. The van der Waals surface area contributed by atoms with Crippen LogP contribution in [0.5, 0.6) is 0 Å². The first-order valence-corrected chi connectivity index (χ1v) is 7.07. The normalized spacial score (nSPS) is 18.1. The highest BCUT2D eigenvalue weighted by Gasteiger charge is 2.25. The van der Waals surface area contributed by atoms with Gasteiger partial charge >= 0.3 is 0 Å². The first kappa shape index (κ1) is 13.1. The molecule has 6 heteroatoms. The van der Waals surface area contributed by atoms with Gasteiger partial charge in [0.2, 0.25) is 5.91 Å². The fourth-order valence-corrected chi connectivity index (χ4v) is 2.54. The maximum absolute atomic E-state index is 12.1. The first-order chi connectivity index (χ1) is 9.63. The summed E-state index contributed by atoms with van der Waals surface area (Å²) >= 11 is 3.38. The lowest BCUT2D eigenvalue weighted by molar-refractivity contribution is -0.120. The van der Waals surface area contributed by atoms with E-state index >= 15 is 0 Å². The molecule has 0 unspecified atom stereocenters. The molecule has 1 saturated heterocycles. The monoisotopic (exact) mass is 335 g/mol. The molecule has 2 aromatic rings. The minimum Gasteiger partial charge on any atom is -0.354 e. The Morgan fingerprint density at radius 1 is 1.45 bits per heavy atom. The van der Waals surface area contributed by atoms with Gasteiger partial charge in [-0.25, -0.2) is 0 Å². The number of carbonyl (C=O) groups excluding carboxylic acids is 2. The van der Waals surface area contributed by atoms with E-state index in [2.05, 4.69) is 31.5 Å². The quantitative estimate of drug-likeness (QED) is 0.879. The highest BCUT2D eigenvalue weighted by atomic mass is 79.9. The van der Waals surface area contributed by atoms with Crippen molar-refractivity contribution in [3.8, 4) is 0 Å². The molecule has 20 heavy (non-hydrogen) atoms. The zero-order valence-electron chi connectivity index (χ0n) is 10.5. The summed E-state index contributed by atoms with van der Waals surface area (Å²) in [5.41, 5.74) is 1.27. The van der Waals surface area contributed by atoms with Crippen molar-refractivity contribution in [3.63, 3.8) is 0 Å². The zero-order chi connectivity index (χ0) is 14.1. The molecule has 2 N–H and O–H groups in total. The van der Waals surface area contributed by atoms with Gasteiger partial charge in [0.25, 0.3) is 5.91 Å². The van der Waals surface area contributed by atoms with E-state index in [4.69, 9.17) is 0 Å². The van der Waals surface area contributed by atoms with E-state index in [1.807, 2.05) is 18.2 Å². The second-order valence-corrected chi connectivity index (χ2v) is 5.58. The molecule has 1 aliphatic heterocycles. The minimum atomic E-state index is -0.442. The molecule has 0 saturated carbocycles. The molecule has 1 aliphatic rings. The first-order valence-electron chi connectivity index (χ1n) is 6.27. The van der Waals surface area contributed by atoms with Crippen LogP contribution < -0.4 is 10.6 Å². The van der Waals surface area contributed by atoms with E-state index in [1.54, 1.807) is 6.07 Å². The molecule has 1 atom stereocenters. The lowest BCUT2D eigenvalue weighted by atomic mass is 10.1. The molecule has 2 heterocycles. The van der Waals surface area contributed by atoms with E-state index in [9.17, 15) is 9.59 Å². The molecule has 3 rings (SSSR count). The second kappa shape index (κ2) is 5.20. The number of nitrogens with one attached hydrogen (secondary N) is 2. The summed E-state index contributed by atoms with van der Waals surface area (Å²) in [6.07, 6.45) is 2.15. The summed E-state index contributed by atoms with van der Waals surface area (Å²) in [6.45, 7) is 0.605. The fourth-order valence-electron chi connectivity index (χ4n) is 2.19. The molecular formula is C14H14BrN3O2. The van der Waals surface area contributed by atoms with Gasteiger partial charge in [-0.3, -0.25) is 14.6 Å². The van der Waals surface area contributed by atoms with Crippen LogP contribution in [0.15, 0.2) is 34.9 Å². The third kappa shape index (κ3) is 2.51. The number of aromatic nitrogens is 1. The van der Waals surface area contributed by atoms with Gasteiger partial charge in [0.1, 0.15) is 6.04 Å². The van der Waals surface area contributed by atoms with Crippen molar-refractivity contribution in [3.05, 3.63) is 40.5 Å². The van der Waals surface area contributed by atoms with E-state index in [0.717, 1.165) is 15.4 Å². The molecule has 1 aromatic heterocycles. The average Bonchev–Trinajstić information content (AvgIpc) is 2.83. The number of rotatable bonds is 2. The Balaban J connectivity index is 0.00000161. The van der Waals surface area contributed by atoms with E-state index < -0.39 is 6.04 Å². The Kier molecular flexibility index (Phi) is 3.40. The summed E-state index contributed by atoms with van der Waals surface area (Å²) < 4.78 is 0.942. The number of carbonyl (C=O) groups is 2. The van der Waals surface area contributed by atoms with E-state index in [0.29, 0.717) is 18.5 Å². The van der Waals surface area contributed by atoms with Crippen LogP contribution in [0.1, 0.15) is 18.2 Å². The Bertz CT molecular complexity index is 708. The van der Waals surface area contributed by atoms with Crippen molar-refractivity contribution in [2.45, 2.75) is 12.5 Å². The molecule has 1 fully saturated rings. The van der Waals surface area contributed by atoms with Gasteiger partial charge < -0.3 is 10.6 Å². The summed E-state index contributed by atoms with van der Waals surface area (Å²) in [7, 11) is 0. The van der Waals surface area contributed by atoms with Gasteiger partial charge in [-0.2, -0.15) is 0 Å². The Labute approximate surface area is 125 Å². The third-order valence-corrected chi connectivity index (χ3v) is 3.76. The summed E-state index contributed by atoms with van der Waals surface area (Å²) in [6, 6.07) is 7.02. The molecular weight excluding hydrogens is 322 g/mol.